The molecule has 4 nitrogen and oxygen atoms in total. The van der Waals surface area contributed by atoms with Gasteiger partial charge in [0.1, 0.15) is 19.0 Å². The van der Waals surface area contributed by atoms with E-state index in [2.05, 4.69) is 28.7 Å². The normalized spacial score (nSPS) is 9.80. The van der Waals surface area contributed by atoms with E-state index in [9.17, 15) is 0 Å². The Labute approximate surface area is 131 Å². The minimum atomic E-state index is 0.390. The highest BCUT2D eigenvalue weighted by molar-refractivity contribution is 14.1. The van der Waals surface area contributed by atoms with Gasteiger partial charge in [0.25, 0.3) is 0 Å². The minimum absolute atomic E-state index is 0.390. The summed E-state index contributed by atoms with van der Waals surface area (Å²) in [5.74, 6) is 1.40. The van der Waals surface area contributed by atoms with Gasteiger partial charge < -0.3 is 15.2 Å². The molecule has 0 aromatic heterocycles. The molecule has 0 aliphatic rings. The van der Waals surface area contributed by atoms with Gasteiger partial charge in [-0.2, -0.15) is 5.26 Å². The zero-order valence-corrected chi connectivity index (χ0v) is 12.8. The van der Waals surface area contributed by atoms with Gasteiger partial charge in [0, 0.05) is 0 Å². The van der Waals surface area contributed by atoms with E-state index < -0.39 is 0 Å². The van der Waals surface area contributed by atoms with Gasteiger partial charge in [0.2, 0.25) is 0 Å². The number of anilines is 1. The Kier molecular flexibility index (Phi) is 5.07. The Morgan fingerprint density at radius 3 is 2.45 bits per heavy atom. The van der Waals surface area contributed by atoms with Gasteiger partial charge in [-0.3, -0.25) is 0 Å². The molecule has 102 valence electrons. The van der Waals surface area contributed by atoms with Crippen LogP contribution < -0.4 is 15.2 Å². The monoisotopic (exact) mass is 380 g/mol. The molecule has 0 fully saturated rings. The van der Waals surface area contributed by atoms with Crippen LogP contribution in [0.1, 0.15) is 5.56 Å². The zero-order chi connectivity index (χ0) is 14.4. The molecule has 0 radical (unpaired) electrons. The van der Waals surface area contributed by atoms with E-state index in [1.54, 1.807) is 12.1 Å². The lowest BCUT2D eigenvalue weighted by Gasteiger charge is -2.12. The Morgan fingerprint density at radius 2 is 1.80 bits per heavy atom. The summed E-state index contributed by atoms with van der Waals surface area (Å²) in [4.78, 5) is 0. The molecule has 0 bridgehead atoms. The summed E-state index contributed by atoms with van der Waals surface area (Å²) in [5.41, 5.74) is 6.86. The van der Waals surface area contributed by atoms with Crippen LogP contribution in [0, 0.1) is 14.9 Å². The highest BCUT2D eigenvalue weighted by Crippen LogP contribution is 2.29. The zero-order valence-electron chi connectivity index (χ0n) is 10.7. The van der Waals surface area contributed by atoms with Crippen LogP contribution in [-0.2, 0) is 0 Å². The summed E-state index contributed by atoms with van der Waals surface area (Å²) in [6.45, 7) is 0.820. The first-order valence-corrected chi connectivity index (χ1v) is 7.08. The van der Waals surface area contributed by atoms with Crippen LogP contribution in [0.2, 0.25) is 0 Å². The first-order chi connectivity index (χ1) is 9.70. The van der Waals surface area contributed by atoms with Crippen LogP contribution >= 0.6 is 22.6 Å². The van der Waals surface area contributed by atoms with Crippen LogP contribution in [0.25, 0.3) is 0 Å². The lowest BCUT2D eigenvalue weighted by Crippen LogP contribution is -2.10. The third kappa shape index (κ3) is 3.78. The van der Waals surface area contributed by atoms with Crippen molar-refractivity contribution < 1.29 is 9.47 Å². The maximum atomic E-state index is 8.85. The largest absolute Gasteiger partial charge is 0.490 e. The smallest absolute Gasteiger partial charge is 0.155 e. The number of ether oxygens (including phenoxy) is 2. The van der Waals surface area contributed by atoms with Gasteiger partial charge >= 0.3 is 0 Å². The Bertz CT molecular complexity index is 601. The maximum Gasteiger partial charge on any atom is 0.155 e. The van der Waals surface area contributed by atoms with E-state index in [0.717, 1.165) is 9.32 Å². The fourth-order valence-electron chi connectivity index (χ4n) is 1.65. The van der Waals surface area contributed by atoms with Gasteiger partial charge in [-0.05, 0) is 46.9 Å². The molecule has 0 saturated heterocycles. The number of nitriles is 1. The fourth-order valence-corrected chi connectivity index (χ4v) is 2.45. The highest BCUT2D eigenvalue weighted by Gasteiger charge is 2.08. The van der Waals surface area contributed by atoms with Crippen molar-refractivity contribution in [1.82, 2.24) is 0 Å². The number of nitrogens with two attached hydrogens (primary N) is 1. The molecule has 2 aromatic carbocycles. The Hall–Kier alpha value is -1.94. The first-order valence-electron chi connectivity index (χ1n) is 6.00. The predicted octanol–water partition coefficient (Wildman–Crippen LogP) is 3.20. The second-order valence-electron chi connectivity index (χ2n) is 4.00. The Morgan fingerprint density at radius 1 is 1.10 bits per heavy atom. The molecule has 5 heteroatoms. The third-order valence-electron chi connectivity index (χ3n) is 2.54. The molecule has 0 spiro atoms. The van der Waals surface area contributed by atoms with E-state index in [-0.39, 0.29) is 0 Å². The van der Waals surface area contributed by atoms with E-state index >= 15 is 0 Å². The quantitative estimate of drug-likeness (QED) is 0.492. The average Bonchev–Trinajstić information content (AvgIpc) is 2.46. The molecular formula is C15H13IN2O2. The summed E-state index contributed by atoms with van der Waals surface area (Å²) in [6, 6.07) is 14.9. The van der Waals surface area contributed by atoms with E-state index in [4.69, 9.17) is 20.5 Å². The number of benzene rings is 2. The molecule has 20 heavy (non-hydrogen) atoms. The van der Waals surface area contributed by atoms with Crippen LogP contribution in [0.15, 0.2) is 42.5 Å². The maximum absolute atomic E-state index is 8.85. The predicted molar refractivity (Wildman–Crippen MR) is 85.7 cm³/mol. The average molecular weight is 380 g/mol. The van der Waals surface area contributed by atoms with E-state index in [1.807, 2.05) is 30.3 Å². The van der Waals surface area contributed by atoms with Crippen molar-refractivity contribution >= 4 is 28.3 Å². The molecule has 2 aromatic rings. The number of nitrogen functional groups attached to an aromatic ring is 1. The molecule has 0 heterocycles. The second kappa shape index (κ2) is 7.01. The lowest BCUT2D eigenvalue weighted by atomic mass is 10.2. The fraction of sp³-hybridized carbons (Fsp3) is 0.133. The van der Waals surface area contributed by atoms with Gasteiger partial charge in [-0.25, -0.2) is 0 Å². The van der Waals surface area contributed by atoms with Gasteiger partial charge in [0.15, 0.2) is 5.75 Å². The molecule has 2 rings (SSSR count). The topological polar surface area (TPSA) is 68.3 Å². The van der Waals surface area contributed by atoms with Gasteiger partial charge in [-0.1, -0.05) is 18.2 Å². The van der Waals surface area contributed by atoms with Crippen molar-refractivity contribution in [2.75, 3.05) is 18.9 Å². The molecule has 0 atom stereocenters. The number of rotatable bonds is 5. The van der Waals surface area contributed by atoms with Gasteiger partial charge in [0.05, 0.1) is 20.9 Å². The molecule has 0 saturated carbocycles. The highest BCUT2D eigenvalue weighted by atomic mass is 127. The number of nitrogens with zero attached hydrogens (tertiary/aromatic N) is 1. The standard InChI is InChI=1S/C15H13IN2O2/c16-13-8-11(10-17)9-14(18)15(13)20-7-6-19-12-4-2-1-3-5-12/h1-5,8-9H,6-7,18H2. The van der Waals surface area contributed by atoms with Crippen molar-refractivity contribution in [1.29, 1.82) is 5.26 Å². The Balaban J connectivity index is 1.90. The summed E-state index contributed by atoms with van der Waals surface area (Å²) in [6.07, 6.45) is 0. The van der Waals surface area contributed by atoms with Crippen molar-refractivity contribution in [3.63, 3.8) is 0 Å². The molecule has 0 unspecified atom stereocenters. The van der Waals surface area contributed by atoms with Crippen molar-refractivity contribution in [2.24, 2.45) is 0 Å². The van der Waals surface area contributed by atoms with Crippen LogP contribution in [-0.4, -0.2) is 13.2 Å². The van der Waals surface area contributed by atoms with Gasteiger partial charge in [-0.15, -0.1) is 0 Å². The molecule has 0 aliphatic carbocycles. The molecule has 0 aliphatic heterocycles. The van der Waals surface area contributed by atoms with Crippen molar-refractivity contribution in [3.05, 3.63) is 51.6 Å². The minimum Gasteiger partial charge on any atom is -0.490 e. The first kappa shape index (κ1) is 14.5. The number of halogens is 1. The van der Waals surface area contributed by atoms with Crippen LogP contribution in [0.4, 0.5) is 5.69 Å². The molecule has 0 amide bonds. The summed E-state index contributed by atoms with van der Waals surface area (Å²) >= 11 is 2.10. The number of hydrogen-bond acceptors (Lipinski definition) is 4. The molecular weight excluding hydrogens is 367 g/mol. The second-order valence-corrected chi connectivity index (χ2v) is 5.16. The third-order valence-corrected chi connectivity index (χ3v) is 3.34. The molecule has 2 N–H and O–H groups in total. The summed E-state index contributed by atoms with van der Waals surface area (Å²) in [5, 5.41) is 8.85. The van der Waals surface area contributed by atoms with Crippen LogP contribution in [0.5, 0.6) is 11.5 Å². The SMILES string of the molecule is N#Cc1cc(N)c(OCCOc2ccccc2)c(I)c1. The van der Waals surface area contributed by atoms with Crippen molar-refractivity contribution in [3.8, 4) is 17.6 Å². The van der Waals surface area contributed by atoms with E-state index in [0.29, 0.717) is 30.2 Å². The van der Waals surface area contributed by atoms with Crippen molar-refractivity contribution in [2.45, 2.75) is 0 Å². The summed E-state index contributed by atoms with van der Waals surface area (Å²) < 4.78 is 12.0. The van der Waals surface area contributed by atoms with E-state index in [1.165, 1.54) is 0 Å². The van der Waals surface area contributed by atoms with Crippen LogP contribution in [0.3, 0.4) is 0 Å². The number of para-hydroxylation sites is 1. The lowest BCUT2D eigenvalue weighted by molar-refractivity contribution is 0.217. The number of hydrogen-bond donors (Lipinski definition) is 1. The summed E-state index contributed by atoms with van der Waals surface area (Å²) in [7, 11) is 0.